The molecule has 2 aliphatic rings. The summed E-state index contributed by atoms with van der Waals surface area (Å²) in [6.45, 7) is 8.55. The molecule has 1 atom stereocenters. The molecule has 0 radical (unpaired) electrons. The third kappa shape index (κ3) is 3.48. The summed E-state index contributed by atoms with van der Waals surface area (Å²) in [6, 6.07) is 0.828. The van der Waals surface area contributed by atoms with Crippen LogP contribution in [-0.2, 0) is 0 Å². The Bertz CT molecular complexity index is 233. The number of nitrogens with zero attached hydrogens (tertiary/aromatic N) is 1. The summed E-state index contributed by atoms with van der Waals surface area (Å²) in [5.41, 5.74) is 0.468. The van der Waals surface area contributed by atoms with Gasteiger partial charge in [-0.1, -0.05) is 39.5 Å². The minimum absolute atomic E-state index is 0.468. The average Bonchev–Trinajstić information content (AvgIpc) is 2.60. The summed E-state index contributed by atoms with van der Waals surface area (Å²) in [5, 5.41) is 3.91. The van der Waals surface area contributed by atoms with Crippen LogP contribution in [0, 0.1) is 0 Å². The number of rotatable bonds is 4. The van der Waals surface area contributed by atoms with Crippen LogP contribution in [0.5, 0.6) is 0 Å². The molecule has 1 spiro atoms. The van der Waals surface area contributed by atoms with Crippen molar-refractivity contribution >= 4 is 0 Å². The maximum atomic E-state index is 3.91. The Morgan fingerprint density at radius 3 is 2.56 bits per heavy atom. The minimum atomic E-state index is 0.468. The first-order chi connectivity index (χ1) is 8.79. The van der Waals surface area contributed by atoms with Gasteiger partial charge in [0.1, 0.15) is 0 Å². The van der Waals surface area contributed by atoms with E-state index in [4.69, 9.17) is 0 Å². The van der Waals surface area contributed by atoms with E-state index in [0.717, 1.165) is 6.04 Å². The summed E-state index contributed by atoms with van der Waals surface area (Å²) in [6.07, 6.45) is 12.5. The molecule has 0 amide bonds. The second kappa shape index (κ2) is 6.91. The van der Waals surface area contributed by atoms with E-state index in [-0.39, 0.29) is 0 Å². The monoisotopic (exact) mass is 252 g/mol. The van der Waals surface area contributed by atoms with Gasteiger partial charge in [0.15, 0.2) is 0 Å². The summed E-state index contributed by atoms with van der Waals surface area (Å²) < 4.78 is 0. The van der Waals surface area contributed by atoms with E-state index in [1.54, 1.807) is 0 Å². The van der Waals surface area contributed by atoms with Gasteiger partial charge in [-0.3, -0.25) is 4.90 Å². The highest BCUT2D eigenvalue weighted by Crippen LogP contribution is 2.31. The molecule has 0 bridgehead atoms. The molecule has 0 aromatic heterocycles. The third-order valence-electron chi connectivity index (χ3n) is 5.05. The Balaban J connectivity index is 2.01. The predicted molar refractivity (Wildman–Crippen MR) is 79.0 cm³/mol. The van der Waals surface area contributed by atoms with Crippen LogP contribution in [0.3, 0.4) is 0 Å². The summed E-state index contributed by atoms with van der Waals surface area (Å²) in [5.74, 6) is 0. The Kier molecular flexibility index (Phi) is 5.50. The summed E-state index contributed by atoms with van der Waals surface area (Å²) >= 11 is 0. The number of nitrogens with one attached hydrogen (secondary N) is 1. The van der Waals surface area contributed by atoms with Crippen molar-refractivity contribution in [1.29, 1.82) is 0 Å². The second-order valence-electron chi connectivity index (χ2n) is 6.44. The van der Waals surface area contributed by atoms with Crippen molar-refractivity contribution < 1.29 is 0 Å². The lowest BCUT2D eigenvalue weighted by molar-refractivity contribution is 0.119. The highest BCUT2D eigenvalue weighted by Gasteiger charge is 2.36. The van der Waals surface area contributed by atoms with Crippen molar-refractivity contribution in [3.05, 3.63) is 0 Å². The molecule has 1 aliphatic carbocycles. The molecule has 106 valence electrons. The lowest BCUT2D eigenvalue weighted by Crippen LogP contribution is -2.54. The molecular weight excluding hydrogens is 220 g/mol. The Hall–Kier alpha value is -0.0800. The molecule has 0 aromatic carbocycles. The van der Waals surface area contributed by atoms with E-state index in [1.807, 2.05) is 0 Å². The second-order valence-corrected chi connectivity index (χ2v) is 6.44. The molecule has 1 aliphatic heterocycles. The summed E-state index contributed by atoms with van der Waals surface area (Å²) in [7, 11) is 0. The first-order valence-electron chi connectivity index (χ1n) is 8.29. The predicted octanol–water partition coefficient (Wildman–Crippen LogP) is 3.56. The van der Waals surface area contributed by atoms with Crippen molar-refractivity contribution in [3.8, 4) is 0 Å². The van der Waals surface area contributed by atoms with Crippen molar-refractivity contribution in [2.45, 2.75) is 83.2 Å². The van der Waals surface area contributed by atoms with Crippen molar-refractivity contribution in [3.63, 3.8) is 0 Å². The van der Waals surface area contributed by atoms with E-state index >= 15 is 0 Å². The van der Waals surface area contributed by atoms with Crippen LogP contribution >= 0.6 is 0 Å². The molecule has 1 saturated carbocycles. The zero-order valence-corrected chi connectivity index (χ0v) is 12.5. The Labute approximate surface area is 114 Å². The van der Waals surface area contributed by atoms with Crippen LogP contribution < -0.4 is 5.32 Å². The fourth-order valence-corrected chi connectivity index (χ4v) is 4.01. The molecule has 2 nitrogen and oxygen atoms in total. The zero-order valence-electron chi connectivity index (χ0n) is 12.5. The van der Waals surface area contributed by atoms with Gasteiger partial charge in [0.2, 0.25) is 0 Å². The topological polar surface area (TPSA) is 15.3 Å². The highest BCUT2D eigenvalue weighted by molar-refractivity contribution is 4.96. The van der Waals surface area contributed by atoms with Gasteiger partial charge >= 0.3 is 0 Å². The molecule has 1 N–H and O–H groups in total. The SMILES string of the molecule is CCCC(CC)N1CCCNC2(CCCCC2)C1. The van der Waals surface area contributed by atoms with E-state index in [0.29, 0.717) is 5.54 Å². The zero-order chi connectivity index (χ0) is 12.8. The molecule has 18 heavy (non-hydrogen) atoms. The maximum absolute atomic E-state index is 3.91. The third-order valence-corrected chi connectivity index (χ3v) is 5.05. The van der Waals surface area contributed by atoms with Gasteiger partial charge in [-0.15, -0.1) is 0 Å². The van der Waals surface area contributed by atoms with E-state index < -0.39 is 0 Å². The number of hydrogen-bond acceptors (Lipinski definition) is 2. The molecule has 2 heteroatoms. The average molecular weight is 252 g/mol. The van der Waals surface area contributed by atoms with Crippen LogP contribution in [0.25, 0.3) is 0 Å². The van der Waals surface area contributed by atoms with Gasteiger partial charge in [0, 0.05) is 18.1 Å². The first-order valence-corrected chi connectivity index (χ1v) is 8.29. The molecule has 2 fully saturated rings. The smallest absolute Gasteiger partial charge is 0.0308 e. The largest absolute Gasteiger partial charge is 0.310 e. The van der Waals surface area contributed by atoms with Gasteiger partial charge in [0.25, 0.3) is 0 Å². The van der Waals surface area contributed by atoms with E-state index in [9.17, 15) is 0 Å². The molecule has 1 saturated heterocycles. The normalized spacial score (nSPS) is 27.0. The maximum Gasteiger partial charge on any atom is 0.0308 e. The summed E-state index contributed by atoms with van der Waals surface area (Å²) in [4.78, 5) is 2.81. The fourth-order valence-electron chi connectivity index (χ4n) is 4.01. The molecular formula is C16H32N2. The lowest BCUT2D eigenvalue weighted by Gasteiger charge is -2.42. The van der Waals surface area contributed by atoms with Crippen LogP contribution in [0.1, 0.15) is 71.6 Å². The molecule has 1 unspecified atom stereocenters. The van der Waals surface area contributed by atoms with E-state index in [2.05, 4.69) is 24.1 Å². The molecule has 0 aromatic rings. The van der Waals surface area contributed by atoms with Crippen LogP contribution in [0.4, 0.5) is 0 Å². The number of hydrogen-bond donors (Lipinski definition) is 1. The van der Waals surface area contributed by atoms with Crippen LogP contribution in [0.15, 0.2) is 0 Å². The van der Waals surface area contributed by atoms with Gasteiger partial charge < -0.3 is 5.32 Å². The standard InChI is InChI=1S/C16H32N2/c1-3-9-15(4-2)18-13-8-12-17-16(14-18)10-6-5-7-11-16/h15,17H,3-14H2,1-2H3. The first kappa shape index (κ1) is 14.3. The van der Waals surface area contributed by atoms with Crippen LogP contribution in [0.2, 0.25) is 0 Å². The van der Waals surface area contributed by atoms with Gasteiger partial charge in [0.05, 0.1) is 0 Å². The van der Waals surface area contributed by atoms with E-state index in [1.165, 1.54) is 77.4 Å². The Morgan fingerprint density at radius 2 is 1.89 bits per heavy atom. The van der Waals surface area contributed by atoms with Gasteiger partial charge in [-0.05, 0) is 45.2 Å². The highest BCUT2D eigenvalue weighted by atomic mass is 15.2. The fraction of sp³-hybridized carbons (Fsp3) is 1.00. The lowest BCUT2D eigenvalue weighted by atomic mass is 9.81. The van der Waals surface area contributed by atoms with Gasteiger partial charge in [-0.25, -0.2) is 0 Å². The minimum Gasteiger partial charge on any atom is -0.310 e. The van der Waals surface area contributed by atoms with Crippen LogP contribution in [-0.4, -0.2) is 36.1 Å². The van der Waals surface area contributed by atoms with Gasteiger partial charge in [-0.2, -0.15) is 0 Å². The van der Waals surface area contributed by atoms with Crippen molar-refractivity contribution in [1.82, 2.24) is 10.2 Å². The quantitative estimate of drug-likeness (QED) is 0.823. The molecule has 2 rings (SSSR count). The van der Waals surface area contributed by atoms with Crippen molar-refractivity contribution in [2.24, 2.45) is 0 Å². The van der Waals surface area contributed by atoms with Crippen molar-refractivity contribution in [2.75, 3.05) is 19.6 Å². The Morgan fingerprint density at radius 1 is 1.11 bits per heavy atom. The molecule has 1 heterocycles.